The number of likely N-dealkylation sites (N-methyl/N-ethyl adjacent to an activating group) is 1. The number of nitrogens with zero attached hydrogens (tertiary/aromatic N) is 2. The van der Waals surface area contributed by atoms with Crippen LogP contribution in [0.4, 0.5) is 0 Å². The topological polar surface area (TPSA) is 84.5 Å². The van der Waals surface area contributed by atoms with Crippen molar-refractivity contribution >= 4 is 17.7 Å². The molecular formula is C20H27N3O4S. The monoisotopic (exact) mass is 405 g/mol. The third-order valence-corrected chi connectivity index (χ3v) is 5.08. The molecule has 0 saturated carbocycles. The van der Waals surface area contributed by atoms with Crippen LogP contribution in [0.25, 0.3) is 0 Å². The van der Waals surface area contributed by atoms with Crippen LogP contribution in [0.2, 0.25) is 0 Å². The van der Waals surface area contributed by atoms with Gasteiger partial charge < -0.3 is 19.4 Å². The first kappa shape index (κ1) is 21.8. The molecular weight excluding hydrogens is 378 g/mol. The Morgan fingerprint density at radius 3 is 2.61 bits per heavy atom. The van der Waals surface area contributed by atoms with Gasteiger partial charge in [-0.1, -0.05) is 31.2 Å². The number of nitrogens with one attached hydrogen (secondary N) is 1. The van der Waals surface area contributed by atoms with E-state index < -0.39 is 0 Å². The Kier molecular flexibility index (Phi) is 8.38. The third kappa shape index (κ3) is 6.30. The summed E-state index contributed by atoms with van der Waals surface area (Å²) in [5, 5.41) is 0.484. The van der Waals surface area contributed by atoms with Gasteiger partial charge >= 0.3 is 0 Å². The Morgan fingerprint density at radius 2 is 1.93 bits per heavy atom. The molecule has 1 heterocycles. The van der Waals surface area contributed by atoms with E-state index in [1.807, 2.05) is 25.1 Å². The molecule has 1 amide bonds. The number of benzene rings is 1. The van der Waals surface area contributed by atoms with Gasteiger partial charge in [-0.25, -0.2) is 4.98 Å². The number of aromatic nitrogens is 2. The number of rotatable bonds is 10. The Balaban J connectivity index is 1.89. The quantitative estimate of drug-likeness (QED) is 0.483. The van der Waals surface area contributed by atoms with E-state index in [0.717, 1.165) is 24.1 Å². The maximum absolute atomic E-state index is 12.4. The van der Waals surface area contributed by atoms with E-state index in [1.54, 1.807) is 26.2 Å². The molecule has 0 spiro atoms. The second kappa shape index (κ2) is 10.8. The lowest BCUT2D eigenvalue weighted by Crippen LogP contribution is -2.30. The average Bonchev–Trinajstić information content (AvgIpc) is 2.69. The number of hydrogen-bond acceptors (Lipinski definition) is 6. The van der Waals surface area contributed by atoms with Gasteiger partial charge in [0.1, 0.15) is 0 Å². The molecule has 28 heavy (non-hydrogen) atoms. The summed E-state index contributed by atoms with van der Waals surface area (Å²) in [6, 6.07) is 7.24. The molecule has 0 aliphatic carbocycles. The molecule has 152 valence electrons. The predicted molar refractivity (Wildman–Crippen MR) is 110 cm³/mol. The Bertz CT molecular complexity index is 854. The minimum Gasteiger partial charge on any atom is -0.493 e. The van der Waals surface area contributed by atoms with Gasteiger partial charge in [0.2, 0.25) is 5.91 Å². The number of carbonyl (C=O) groups is 1. The summed E-state index contributed by atoms with van der Waals surface area (Å²) >= 11 is 1.25. The van der Waals surface area contributed by atoms with Crippen LogP contribution in [0.3, 0.4) is 0 Å². The number of carbonyl (C=O) groups excluding carboxylic acids is 1. The van der Waals surface area contributed by atoms with Crippen LogP contribution >= 0.6 is 11.8 Å². The summed E-state index contributed by atoms with van der Waals surface area (Å²) < 4.78 is 10.5. The molecule has 1 N–H and O–H groups in total. The van der Waals surface area contributed by atoms with Crippen LogP contribution in [0.5, 0.6) is 11.5 Å². The first-order valence-corrected chi connectivity index (χ1v) is 10.1. The van der Waals surface area contributed by atoms with Crippen molar-refractivity contribution in [3.63, 3.8) is 0 Å². The molecule has 0 bridgehead atoms. The van der Waals surface area contributed by atoms with E-state index in [4.69, 9.17) is 9.47 Å². The maximum Gasteiger partial charge on any atom is 0.251 e. The standard InChI is InChI=1S/C20H27N3O4S/c1-5-6-15-12-18(24)22-20(21-15)28-13-19(25)23(2)10-9-14-7-8-16(26-3)17(11-14)27-4/h7-8,11-12H,5-6,9-10,13H2,1-4H3,(H,21,22,24). The number of amides is 1. The summed E-state index contributed by atoms with van der Waals surface area (Å²) in [5.74, 6) is 1.56. The van der Waals surface area contributed by atoms with E-state index >= 15 is 0 Å². The molecule has 2 rings (SSSR count). The molecule has 0 fully saturated rings. The van der Waals surface area contributed by atoms with E-state index in [-0.39, 0.29) is 17.2 Å². The molecule has 1 aromatic heterocycles. The average molecular weight is 406 g/mol. The van der Waals surface area contributed by atoms with E-state index in [0.29, 0.717) is 29.6 Å². The lowest BCUT2D eigenvalue weighted by molar-refractivity contribution is -0.127. The van der Waals surface area contributed by atoms with Crippen molar-refractivity contribution in [2.75, 3.05) is 33.6 Å². The van der Waals surface area contributed by atoms with E-state index in [1.165, 1.54) is 17.8 Å². The summed E-state index contributed by atoms with van der Waals surface area (Å²) in [7, 11) is 4.97. The van der Waals surface area contributed by atoms with Crippen molar-refractivity contribution in [3.05, 3.63) is 45.9 Å². The number of thioether (sulfide) groups is 1. The first-order chi connectivity index (χ1) is 13.5. The van der Waals surface area contributed by atoms with Crippen molar-refractivity contribution < 1.29 is 14.3 Å². The number of aromatic amines is 1. The maximum atomic E-state index is 12.4. The highest BCUT2D eigenvalue weighted by Gasteiger charge is 2.12. The van der Waals surface area contributed by atoms with Gasteiger partial charge in [-0.15, -0.1) is 0 Å². The van der Waals surface area contributed by atoms with Crippen LogP contribution in [0, 0.1) is 0 Å². The summed E-state index contributed by atoms with van der Waals surface area (Å²) in [6.07, 6.45) is 2.36. The SMILES string of the molecule is CCCc1cc(=O)[nH]c(SCC(=O)N(C)CCc2ccc(OC)c(OC)c2)n1. The molecule has 0 unspecified atom stereocenters. The molecule has 2 aromatic rings. The van der Waals surface area contributed by atoms with Gasteiger partial charge in [0.15, 0.2) is 16.7 Å². The van der Waals surface area contributed by atoms with Crippen molar-refractivity contribution in [2.24, 2.45) is 0 Å². The molecule has 1 aromatic carbocycles. The van der Waals surface area contributed by atoms with Crippen molar-refractivity contribution in [2.45, 2.75) is 31.3 Å². The second-order valence-electron chi connectivity index (χ2n) is 6.34. The van der Waals surface area contributed by atoms with Crippen LogP contribution in [0.1, 0.15) is 24.6 Å². The van der Waals surface area contributed by atoms with Crippen molar-refractivity contribution in [1.82, 2.24) is 14.9 Å². The Labute approximate surface area is 169 Å². The lowest BCUT2D eigenvalue weighted by Gasteiger charge is -2.17. The number of ether oxygens (including phenoxy) is 2. The summed E-state index contributed by atoms with van der Waals surface area (Å²) in [5.41, 5.74) is 1.63. The predicted octanol–water partition coefficient (Wildman–Crippen LogP) is 2.53. The molecule has 0 aliphatic heterocycles. The fraction of sp³-hybridized carbons (Fsp3) is 0.450. The Morgan fingerprint density at radius 1 is 1.18 bits per heavy atom. The zero-order valence-corrected chi connectivity index (χ0v) is 17.6. The van der Waals surface area contributed by atoms with E-state index in [9.17, 15) is 9.59 Å². The number of methoxy groups -OCH3 is 2. The fourth-order valence-corrected chi connectivity index (χ4v) is 3.47. The highest BCUT2D eigenvalue weighted by atomic mass is 32.2. The normalized spacial score (nSPS) is 10.6. The van der Waals surface area contributed by atoms with Gasteiger partial charge in [-0.2, -0.15) is 0 Å². The van der Waals surface area contributed by atoms with Crippen molar-refractivity contribution in [1.29, 1.82) is 0 Å². The molecule has 7 nitrogen and oxygen atoms in total. The van der Waals surface area contributed by atoms with Crippen LogP contribution < -0.4 is 15.0 Å². The van der Waals surface area contributed by atoms with Crippen LogP contribution in [-0.4, -0.2) is 54.3 Å². The Hall–Kier alpha value is -2.48. The largest absolute Gasteiger partial charge is 0.493 e. The molecule has 0 saturated heterocycles. The number of H-pyrrole nitrogens is 1. The minimum absolute atomic E-state index is 0.0194. The fourth-order valence-electron chi connectivity index (χ4n) is 2.63. The number of hydrogen-bond donors (Lipinski definition) is 1. The van der Waals surface area contributed by atoms with Crippen molar-refractivity contribution in [3.8, 4) is 11.5 Å². The smallest absolute Gasteiger partial charge is 0.251 e. The highest BCUT2D eigenvalue weighted by Crippen LogP contribution is 2.27. The summed E-state index contributed by atoms with van der Waals surface area (Å²) in [6.45, 7) is 2.61. The van der Waals surface area contributed by atoms with Gasteiger partial charge in [-0.05, 0) is 30.5 Å². The second-order valence-corrected chi connectivity index (χ2v) is 7.30. The van der Waals surface area contributed by atoms with Gasteiger partial charge in [0, 0.05) is 25.4 Å². The zero-order chi connectivity index (χ0) is 20.5. The van der Waals surface area contributed by atoms with E-state index in [2.05, 4.69) is 9.97 Å². The highest BCUT2D eigenvalue weighted by molar-refractivity contribution is 7.99. The lowest BCUT2D eigenvalue weighted by atomic mass is 10.1. The van der Waals surface area contributed by atoms with Gasteiger partial charge in [0.25, 0.3) is 5.56 Å². The minimum atomic E-state index is -0.185. The number of aryl methyl sites for hydroxylation is 1. The molecule has 0 aliphatic rings. The zero-order valence-electron chi connectivity index (χ0n) is 16.8. The van der Waals surface area contributed by atoms with Gasteiger partial charge in [-0.3, -0.25) is 9.59 Å². The molecule has 0 atom stereocenters. The van der Waals surface area contributed by atoms with Crippen LogP contribution in [-0.2, 0) is 17.6 Å². The first-order valence-electron chi connectivity index (χ1n) is 9.14. The van der Waals surface area contributed by atoms with Gasteiger partial charge in [0.05, 0.1) is 20.0 Å². The molecule has 8 heteroatoms. The summed E-state index contributed by atoms with van der Waals surface area (Å²) in [4.78, 5) is 32.9. The molecule has 0 radical (unpaired) electrons. The third-order valence-electron chi connectivity index (χ3n) is 4.22. The van der Waals surface area contributed by atoms with Crippen LogP contribution in [0.15, 0.2) is 34.2 Å².